The van der Waals surface area contributed by atoms with Gasteiger partial charge in [-0.05, 0) is 11.1 Å². The number of hydrogen-bond acceptors (Lipinski definition) is 20. The molecule has 1 aromatic carbocycles. The van der Waals surface area contributed by atoms with Gasteiger partial charge < -0.3 is 89.9 Å². The molecular weight excluding hydrogens is 790 g/mol. The molecule has 0 bridgehead atoms. The lowest BCUT2D eigenvalue weighted by molar-refractivity contribution is -0.379. The monoisotopic (exact) mass is 843 g/mol. The number of thioether (sulfide) groups is 2. The molecule has 56 heavy (non-hydrogen) atoms. The normalized spacial score (nSPS) is 36.3. The lowest BCUT2D eigenvalue weighted by atomic mass is 9.96. The second-order valence-electron chi connectivity index (χ2n) is 13.4. The fourth-order valence-corrected chi connectivity index (χ4v) is 7.92. The molecule has 0 saturated carbocycles. The largest absolute Gasteiger partial charge is 0.481 e. The van der Waals surface area contributed by atoms with Crippen molar-refractivity contribution in [2.75, 3.05) is 44.5 Å². The van der Waals surface area contributed by atoms with Crippen LogP contribution in [-0.4, -0.2) is 205 Å². The summed E-state index contributed by atoms with van der Waals surface area (Å²) >= 11 is 3.13. The Labute approximate surface area is 330 Å². The molecule has 12 N–H and O–H groups in total. The first kappa shape index (κ1) is 46.9. The number of aliphatic carboxylic acids is 1. The molecule has 0 aliphatic carbocycles. The molecule has 3 heterocycles. The van der Waals surface area contributed by atoms with Gasteiger partial charge in [0.25, 0.3) is 0 Å². The van der Waals surface area contributed by atoms with Crippen LogP contribution in [0.3, 0.4) is 0 Å². The van der Waals surface area contributed by atoms with Crippen LogP contribution >= 0.6 is 23.5 Å². The number of hydrogen-bond donors (Lipinski definition) is 12. The zero-order valence-corrected chi connectivity index (χ0v) is 31.9. The molecule has 1 aromatic rings. The van der Waals surface area contributed by atoms with Gasteiger partial charge in [0.1, 0.15) is 73.2 Å². The number of amides is 1. The predicted octanol–water partition coefficient (Wildman–Crippen LogP) is -4.40. The highest BCUT2D eigenvalue weighted by atomic mass is 32.2. The molecule has 320 valence electrons. The van der Waals surface area contributed by atoms with E-state index < -0.39 is 118 Å². The van der Waals surface area contributed by atoms with Crippen molar-refractivity contribution in [2.45, 2.75) is 116 Å². The number of carboxylic acids is 1. The molecule has 20 nitrogen and oxygen atoms in total. The van der Waals surface area contributed by atoms with E-state index >= 15 is 0 Å². The first-order chi connectivity index (χ1) is 26.8. The molecule has 0 spiro atoms. The maximum atomic E-state index is 12.4. The van der Waals surface area contributed by atoms with Crippen LogP contribution in [0.2, 0.25) is 0 Å². The van der Waals surface area contributed by atoms with Gasteiger partial charge in [0.15, 0.2) is 18.9 Å². The Morgan fingerprint density at radius 3 is 1.66 bits per heavy atom. The Morgan fingerprint density at radius 2 is 1.12 bits per heavy atom. The maximum absolute atomic E-state index is 12.4. The minimum Gasteiger partial charge on any atom is -0.481 e. The number of aliphatic hydroxyl groups excluding tert-OH is 10. The zero-order valence-electron chi connectivity index (χ0n) is 30.2. The van der Waals surface area contributed by atoms with Crippen molar-refractivity contribution in [3.63, 3.8) is 0 Å². The topological polar surface area (TPSA) is 324 Å². The van der Waals surface area contributed by atoms with E-state index in [1.165, 1.54) is 0 Å². The number of carbonyl (C=O) groups excluding carboxylic acids is 1. The van der Waals surface area contributed by atoms with E-state index in [1.54, 1.807) is 23.5 Å². The third-order valence-corrected chi connectivity index (χ3v) is 11.3. The maximum Gasteiger partial charge on any atom is 0.304 e. The molecule has 3 saturated heterocycles. The van der Waals surface area contributed by atoms with Gasteiger partial charge in [-0.25, -0.2) is 0 Å². The highest BCUT2D eigenvalue weighted by molar-refractivity contribution is 7.98. The smallest absolute Gasteiger partial charge is 0.304 e. The Balaban J connectivity index is 1.19. The molecule has 3 aliphatic rings. The molecule has 15 atom stereocenters. The van der Waals surface area contributed by atoms with Crippen LogP contribution < -0.4 is 5.32 Å². The van der Waals surface area contributed by atoms with Crippen molar-refractivity contribution in [1.82, 2.24) is 5.32 Å². The van der Waals surface area contributed by atoms with Crippen molar-refractivity contribution in [3.8, 4) is 0 Å². The van der Waals surface area contributed by atoms with Crippen molar-refractivity contribution in [1.29, 1.82) is 0 Å². The van der Waals surface area contributed by atoms with Crippen molar-refractivity contribution in [3.05, 3.63) is 35.4 Å². The standard InChI is InChI=1S/C34H53NO19S2/c36-11-18-23(42)24(43)27(46)33(50-18)53-31-20(13-38)52-34(29(48)26(31)45)54-30-19(12-37)51-32(28(47)25(30)44)49-7-6-35-21(39)4-8-55-14-16-2-1-3-17(10-16)15-56-9-5-22(40)41/h1-3,10,18-20,23-34,36-38,42-48H,4-9,11-15H2,(H,35,39)(H,40,41)/t18-,19-,20-,23+,24+,25-,26-,27-,28-,29-,30-,31+,32-,33-,34+/m1/s1. The van der Waals surface area contributed by atoms with Gasteiger partial charge in [-0.15, -0.1) is 0 Å². The van der Waals surface area contributed by atoms with Gasteiger partial charge in [-0.2, -0.15) is 23.5 Å². The van der Waals surface area contributed by atoms with Gasteiger partial charge in [-0.3, -0.25) is 9.59 Å². The van der Waals surface area contributed by atoms with E-state index in [2.05, 4.69) is 11.4 Å². The summed E-state index contributed by atoms with van der Waals surface area (Å²) in [5, 5.41) is 115. The second-order valence-corrected chi connectivity index (χ2v) is 15.6. The van der Waals surface area contributed by atoms with E-state index in [4.69, 9.17) is 33.5 Å². The number of carboxylic acid groups (broad SMARTS) is 1. The van der Waals surface area contributed by atoms with Gasteiger partial charge in [0.05, 0.1) is 32.8 Å². The highest BCUT2D eigenvalue weighted by Crippen LogP contribution is 2.32. The Hall–Kier alpha value is -1.78. The summed E-state index contributed by atoms with van der Waals surface area (Å²) in [7, 11) is 0. The fourth-order valence-electron chi connectivity index (χ4n) is 6.15. The predicted molar refractivity (Wildman–Crippen MR) is 194 cm³/mol. The quantitative estimate of drug-likeness (QED) is 0.0520. The summed E-state index contributed by atoms with van der Waals surface area (Å²) in [5.41, 5.74) is 2.18. The summed E-state index contributed by atoms with van der Waals surface area (Å²) < 4.78 is 33.2. The van der Waals surface area contributed by atoms with Gasteiger partial charge in [0.2, 0.25) is 5.91 Å². The van der Waals surface area contributed by atoms with Crippen molar-refractivity contribution >= 4 is 35.4 Å². The molecule has 0 unspecified atom stereocenters. The Kier molecular flexibility index (Phi) is 19.4. The number of ether oxygens (including phenoxy) is 6. The average molecular weight is 844 g/mol. The van der Waals surface area contributed by atoms with E-state index in [1.807, 2.05) is 18.2 Å². The molecule has 4 rings (SSSR count). The number of aliphatic hydroxyl groups is 10. The van der Waals surface area contributed by atoms with Crippen molar-refractivity contribution < 1.29 is 94.2 Å². The minimum atomic E-state index is -1.95. The van der Waals surface area contributed by atoms with Crippen LogP contribution in [-0.2, 0) is 49.5 Å². The van der Waals surface area contributed by atoms with Crippen LogP contribution in [0.15, 0.2) is 24.3 Å². The molecule has 3 fully saturated rings. The fraction of sp³-hybridized carbons (Fsp3) is 0.765. The summed E-state index contributed by atoms with van der Waals surface area (Å²) in [6.07, 6.45) is -24.8. The SMILES string of the molecule is O=C(O)CCSCc1cccc(CSCCC(=O)NCCO[C@@H]2O[C@H](CO)[C@@H](O[C@@H]3O[C@H](CO)[C@H](O[C@H]4O[C@H](CO)[C@H](O)[C@H](O)[C@H]4O)[C@H](O)[C@H]3O)[C@H](O)[C@H]2O)c1. The van der Waals surface area contributed by atoms with E-state index in [-0.39, 0.29) is 31.9 Å². The first-order valence-corrected chi connectivity index (χ1v) is 20.3. The third kappa shape index (κ3) is 12.9. The summed E-state index contributed by atoms with van der Waals surface area (Å²) in [4.78, 5) is 23.0. The number of benzene rings is 1. The van der Waals surface area contributed by atoms with Crippen LogP contribution in [0.1, 0.15) is 24.0 Å². The summed E-state index contributed by atoms with van der Waals surface area (Å²) in [6.45, 7) is -2.48. The number of rotatable bonds is 21. The van der Waals surface area contributed by atoms with Crippen LogP contribution in [0.5, 0.6) is 0 Å². The molecule has 1 amide bonds. The van der Waals surface area contributed by atoms with Crippen LogP contribution in [0.25, 0.3) is 0 Å². The highest BCUT2D eigenvalue weighted by Gasteiger charge is 2.53. The third-order valence-electron chi connectivity index (χ3n) is 9.24. The van der Waals surface area contributed by atoms with Gasteiger partial charge in [0, 0.05) is 36.0 Å². The molecule has 3 aliphatic heterocycles. The molecular formula is C34H53NO19S2. The lowest BCUT2D eigenvalue weighted by Crippen LogP contribution is -2.66. The Morgan fingerprint density at radius 1 is 0.643 bits per heavy atom. The van der Waals surface area contributed by atoms with E-state index in [9.17, 15) is 60.7 Å². The van der Waals surface area contributed by atoms with Crippen molar-refractivity contribution in [2.24, 2.45) is 0 Å². The molecule has 0 aromatic heterocycles. The second kappa shape index (κ2) is 23.1. The summed E-state index contributed by atoms with van der Waals surface area (Å²) in [6, 6.07) is 7.96. The number of nitrogens with one attached hydrogen (secondary N) is 1. The first-order valence-electron chi connectivity index (χ1n) is 18.0. The average Bonchev–Trinajstić information content (AvgIpc) is 3.18. The Bertz CT molecular complexity index is 1350. The van der Waals surface area contributed by atoms with E-state index in [0.717, 1.165) is 11.1 Å². The number of carbonyl (C=O) groups is 2. The molecule has 22 heteroatoms. The van der Waals surface area contributed by atoms with Crippen LogP contribution in [0.4, 0.5) is 0 Å². The zero-order chi connectivity index (χ0) is 40.9. The summed E-state index contributed by atoms with van der Waals surface area (Å²) in [5.74, 6) is 1.41. The molecule has 0 radical (unpaired) electrons. The van der Waals surface area contributed by atoms with E-state index in [0.29, 0.717) is 23.0 Å². The van der Waals surface area contributed by atoms with Crippen LogP contribution in [0, 0.1) is 0 Å². The van der Waals surface area contributed by atoms with Gasteiger partial charge in [-0.1, -0.05) is 24.3 Å². The lowest BCUT2D eigenvalue weighted by Gasteiger charge is -2.48. The van der Waals surface area contributed by atoms with Gasteiger partial charge >= 0.3 is 5.97 Å². The minimum absolute atomic E-state index is 0.0341.